The van der Waals surface area contributed by atoms with E-state index >= 15 is 0 Å². The lowest BCUT2D eigenvalue weighted by Gasteiger charge is -2.12. The molecule has 0 heterocycles. The topological polar surface area (TPSA) is 23.5 Å². The van der Waals surface area contributed by atoms with Gasteiger partial charge < -0.3 is 5.21 Å². The quantitative estimate of drug-likeness (QED) is 0.338. The number of rotatable bonds is 10. The van der Waals surface area contributed by atoms with Gasteiger partial charge in [0.1, 0.15) is 0 Å². The predicted molar refractivity (Wildman–Crippen MR) is 66.1 cm³/mol. The highest BCUT2D eigenvalue weighted by Gasteiger charge is 1.99. The second-order valence-corrected chi connectivity index (χ2v) is 4.37. The van der Waals surface area contributed by atoms with Gasteiger partial charge in [-0.2, -0.15) is 5.06 Å². The number of nitrogens with zero attached hydrogens (tertiary/aromatic N) is 1. The van der Waals surface area contributed by atoms with Gasteiger partial charge in [0.2, 0.25) is 0 Å². The number of hydrogen-bond donors (Lipinski definition) is 1. The van der Waals surface area contributed by atoms with Gasteiger partial charge in [-0.25, -0.2) is 0 Å². The lowest BCUT2D eigenvalue weighted by Crippen LogP contribution is -2.21. The minimum Gasteiger partial charge on any atom is -0.314 e. The normalized spacial score (nSPS) is 13.1. The Kier molecular flexibility index (Phi) is 9.96. The smallest absolute Gasteiger partial charge is 0.0238 e. The van der Waals surface area contributed by atoms with Crippen LogP contribution in [0.1, 0.15) is 52.4 Å². The predicted octanol–water partition coefficient (Wildman–Crippen LogP) is 3.86. The molecule has 0 spiro atoms. The maximum atomic E-state index is 9.35. The van der Waals surface area contributed by atoms with Crippen molar-refractivity contribution in [2.45, 2.75) is 52.4 Å². The Balaban J connectivity index is 3.14. The monoisotopic (exact) mass is 213 g/mol. The fraction of sp³-hybridized carbons (Fsp3) is 0.846. The van der Waals surface area contributed by atoms with Crippen LogP contribution in [0.3, 0.4) is 0 Å². The minimum absolute atomic E-state index is 0.652. The Hall–Kier alpha value is -0.340. The molecule has 0 fully saturated rings. The Morgan fingerprint density at radius 2 is 1.87 bits per heavy atom. The number of hydrogen-bond acceptors (Lipinski definition) is 2. The third kappa shape index (κ3) is 9.95. The van der Waals surface area contributed by atoms with Crippen LogP contribution >= 0.6 is 0 Å². The van der Waals surface area contributed by atoms with Crippen LogP contribution in [0.5, 0.6) is 0 Å². The van der Waals surface area contributed by atoms with E-state index < -0.39 is 0 Å². The van der Waals surface area contributed by atoms with Crippen molar-refractivity contribution < 1.29 is 5.21 Å². The Morgan fingerprint density at radius 3 is 2.47 bits per heavy atom. The summed E-state index contributed by atoms with van der Waals surface area (Å²) in [7, 11) is 0. The van der Waals surface area contributed by atoms with E-state index in [1.54, 1.807) is 0 Å². The van der Waals surface area contributed by atoms with Crippen molar-refractivity contribution in [1.82, 2.24) is 5.06 Å². The van der Waals surface area contributed by atoms with E-state index in [9.17, 15) is 5.21 Å². The van der Waals surface area contributed by atoms with Crippen molar-refractivity contribution in [2.75, 3.05) is 13.1 Å². The molecule has 1 atom stereocenters. The molecule has 2 nitrogen and oxygen atoms in total. The van der Waals surface area contributed by atoms with Gasteiger partial charge in [-0.15, -0.1) is 6.58 Å². The third-order valence-electron chi connectivity index (χ3n) is 2.71. The summed E-state index contributed by atoms with van der Waals surface area (Å²) in [5, 5.41) is 10.8. The van der Waals surface area contributed by atoms with Gasteiger partial charge >= 0.3 is 0 Å². The standard InChI is InChI=1S/C13H27NO/c1-4-11-14(15)12-9-7-6-8-10-13(3)5-2/h5,13,15H,2,4,6-12H2,1,3H3. The van der Waals surface area contributed by atoms with Crippen LogP contribution in [0.25, 0.3) is 0 Å². The molecule has 0 aliphatic rings. The van der Waals surface area contributed by atoms with E-state index in [4.69, 9.17) is 0 Å². The molecule has 15 heavy (non-hydrogen) atoms. The molecule has 1 unspecified atom stereocenters. The number of hydroxylamine groups is 2. The second-order valence-electron chi connectivity index (χ2n) is 4.37. The second kappa shape index (κ2) is 10.2. The van der Waals surface area contributed by atoms with Gasteiger partial charge in [-0.05, 0) is 25.2 Å². The van der Waals surface area contributed by atoms with Crippen molar-refractivity contribution >= 4 is 0 Å². The summed E-state index contributed by atoms with van der Waals surface area (Å²) in [5.74, 6) is 0.652. The van der Waals surface area contributed by atoms with Crippen molar-refractivity contribution in [3.05, 3.63) is 12.7 Å². The molecule has 0 aliphatic carbocycles. The molecular formula is C13H27NO. The van der Waals surface area contributed by atoms with Crippen LogP contribution in [-0.4, -0.2) is 23.4 Å². The number of allylic oxidation sites excluding steroid dienone is 1. The summed E-state index contributed by atoms with van der Waals surface area (Å²) < 4.78 is 0. The highest BCUT2D eigenvalue weighted by Crippen LogP contribution is 2.10. The largest absolute Gasteiger partial charge is 0.314 e. The first-order valence-corrected chi connectivity index (χ1v) is 6.27. The average Bonchev–Trinajstić information content (AvgIpc) is 2.23. The zero-order chi connectivity index (χ0) is 11.5. The molecule has 0 amide bonds. The molecule has 0 bridgehead atoms. The molecule has 0 aliphatic heterocycles. The average molecular weight is 213 g/mol. The lowest BCUT2D eigenvalue weighted by molar-refractivity contribution is -0.0913. The lowest BCUT2D eigenvalue weighted by atomic mass is 10.0. The van der Waals surface area contributed by atoms with Crippen molar-refractivity contribution in [2.24, 2.45) is 5.92 Å². The van der Waals surface area contributed by atoms with Gasteiger partial charge in [-0.1, -0.05) is 39.2 Å². The molecule has 0 saturated carbocycles. The van der Waals surface area contributed by atoms with Crippen molar-refractivity contribution in [3.63, 3.8) is 0 Å². The van der Waals surface area contributed by atoms with Crippen LogP contribution in [0.2, 0.25) is 0 Å². The molecule has 0 aromatic heterocycles. The summed E-state index contributed by atoms with van der Waals surface area (Å²) in [5.41, 5.74) is 0. The zero-order valence-electron chi connectivity index (χ0n) is 10.4. The van der Waals surface area contributed by atoms with Gasteiger partial charge in [0.25, 0.3) is 0 Å². The summed E-state index contributed by atoms with van der Waals surface area (Å²) in [4.78, 5) is 0. The highest BCUT2D eigenvalue weighted by molar-refractivity contribution is 4.74. The van der Waals surface area contributed by atoms with E-state index in [1.165, 1.54) is 30.7 Å². The fourth-order valence-corrected chi connectivity index (χ4v) is 1.60. The van der Waals surface area contributed by atoms with Crippen molar-refractivity contribution in [1.29, 1.82) is 0 Å². The van der Waals surface area contributed by atoms with Crippen LogP contribution in [-0.2, 0) is 0 Å². The highest BCUT2D eigenvalue weighted by atomic mass is 16.5. The Bertz CT molecular complexity index is 147. The van der Waals surface area contributed by atoms with Crippen molar-refractivity contribution in [3.8, 4) is 0 Å². The SMILES string of the molecule is C=CC(C)CCCCCCN(O)CCC. The molecule has 0 aromatic carbocycles. The van der Waals surface area contributed by atoms with Gasteiger partial charge in [0, 0.05) is 13.1 Å². The minimum atomic E-state index is 0.652. The van der Waals surface area contributed by atoms with E-state index in [0.717, 1.165) is 25.9 Å². The first-order valence-electron chi connectivity index (χ1n) is 6.27. The molecule has 0 radical (unpaired) electrons. The molecule has 0 aromatic rings. The van der Waals surface area contributed by atoms with Crippen LogP contribution < -0.4 is 0 Å². The van der Waals surface area contributed by atoms with E-state index in [0.29, 0.717) is 5.92 Å². The van der Waals surface area contributed by atoms with Crippen LogP contribution in [0.4, 0.5) is 0 Å². The molecular weight excluding hydrogens is 186 g/mol. The van der Waals surface area contributed by atoms with Gasteiger partial charge in [0.15, 0.2) is 0 Å². The molecule has 0 rings (SSSR count). The molecule has 1 N–H and O–H groups in total. The maximum Gasteiger partial charge on any atom is 0.0238 e. The van der Waals surface area contributed by atoms with E-state index in [1.807, 2.05) is 6.08 Å². The van der Waals surface area contributed by atoms with Gasteiger partial charge in [0.05, 0.1) is 0 Å². The van der Waals surface area contributed by atoms with Crippen LogP contribution in [0, 0.1) is 5.92 Å². The van der Waals surface area contributed by atoms with E-state index in [-0.39, 0.29) is 0 Å². The summed E-state index contributed by atoms with van der Waals surface area (Å²) >= 11 is 0. The summed E-state index contributed by atoms with van der Waals surface area (Å²) in [6, 6.07) is 0. The first-order chi connectivity index (χ1) is 7.20. The molecule has 0 saturated heterocycles. The third-order valence-corrected chi connectivity index (χ3v) is 2.71. The Labute approximate surface area is 94.9 Å². The first kappa shape index (κ1) is 14.7. The molecule has 90 valence electrons. The number of unbranched alkanes of at least 4 members (excludes halogenated alkanes) is 3. The summed E-state index contributed by atoms with van der Waals surface area (Å²) in [6.45, 7) is 9.70. The molecule has 2 heteroatoms. The summed E-state index contributed by atoms with van der Waals surface area (Å²) in [6.07, 6.45) is 9.19. The maximum absolute atomic E-state index is 9.35. The van der Waals surface area contributed by atoms with Gasteiger partial charge in [-0.3, -0.25) is 0 Å². The zero-order valence-corrected chi connectivity index (χ0v) is 10.4. The van der Waals surface area contributed by atoms with Crippen LogP contribution in [0.15, 0.2) is 12.7 Å². The fourth-order valence-electron chi connectivity index (χ4n) is 1.60. The Morgan fingerprint density at radius 1 is 1.20 bits per heavy atom. The van der Waals surface area contributed by atoms with E-state index in [2.05, 4.69) is 20.4 Å².